The minimum absolute atomic E-state index is 0.363. The average Bonchev–Trinajstić information content (AvgIpc) is 2.54. The first-order chi connectivity index (χ1) is 10.8. The van der Waals surface area contributed by atoms with Crippen molar-refractivity contribution in [3.63, 3.8) is 0 Å². The summed E-state index contributed by atoms with van der Waals surface area (Å²) in [5.41, 5.74) is 3.98. The second-order valence-electron chi connectivity index (χ2n) is 9.94. The number of benzene rings is 1. The predicted octanol–water partition coefficient (Wildman–Crippen LogP) is 5.97. The summed E-state index contributed by atoms with van der Waals surface area (Å²) in [6.45, 7) is 9.57. The first-order valence-electron chi connectivity index (χ1n) is 9.56. The standard InChI is InChI=1S/C22H32O/c1-15-12-16(6-7-19(15)23)22-10-5-9-21(4,14-22)11-8-17-18(22)13-20(17,2)3/h6-7,12,17-18,23H,5,8-11,13-14H2,1-4H3/t17-,18+,21+,22+/m1/s1. The molecule has 3 aliphatic rings. The van der Waals surface area contributed by atoms with E-state index in [0.29, 0.717) is 22.0 Å². The van der Waals surface area contributed by atoms with Crippen LogP contribution in [0, 0.1) is 29.6 Å². The van der Waals surface area contributed by atoms with E-state index in [-0.39, 0.29) is 0 Å². The van der Waals surface area contributed by atoms with Crippen molar-refractivity contribution in [3.05, 3.63) is 29.3 Å². The summed E-state index contributed by atoms with van der Waals surface area (Å²) in [6.07, 6.45) is 9.72. The van der Waals surface area contributed by atoms with Gasteiger partial charge in [0.15, 0.2) is 0 Å². The van der Waals surface area contributed by atoms with Crippen LogP contribution in [-0.2, 0) is 5.41 Å². The first kappa shape index (κ1) is 15.5. The van der Waals surface area contributed by atoms with Gasteiger partial charge in [-0.3, -0.25) is 0 Å². The molecule has 2 bridgehead atoms. The van der Waals surface area contributed by atoms with Gasteiger partial charge in [0.2, 0.25) is 0 Å². The van der Waals surface area contributed by atoms with Crippen molar-refractivity contribution in [2.24, 2.45) is 22.7 Å². The van der Waals surface area contributed by atoms with Crippen LogP contribution in [0.25, 0.3) is 0 Å². The van der Waals surface area contributed by atoms with Crippen LogP contribution < -0.4 is 0 Å². The van der Waals surface area contributed by atoms with Crippen molar-refractivity contribution in [2.45, 2.75) is 78.1 Å². The summed E-state index contributed by atoms with van der Waals surface area (Å²) >= 11 is 0. The molecule has 3 aliphatic carbocycles. The fraction of sp³-hybridized carbons (Fsp3) is 0.727. The molecular formula is C22H32O. The van der Waals surface area contributed by atoms with E-state index in [1.807, 2.05) is 6.07 Å². The van der Waals surface area contributed by atoms with Gasteiger partial charge >= 0.3 is 0 Å². The summed E-state index contributed by atoms with van der Waals surface area (Å²) in [7, 11) is 0. The van der Waals surface area contributed by atoms with Crippen LogP contribution in [0.1, 0.15) is 76.8 Å². The van der Waals surface area contributed by atoms with Crippen molar-refractivity contribution in [1.82, 2.24) is 0 Å². The minimum Gasteiger partial charge on any atom is -0.508 e. The Hall–Kier alpha value is -0.980. The molecule has 1 nitrogen and oxygen atoms in total. The lowest BCUT2D eigenvalue weighted by Crippen LogP contribution is -2.54. The number of fused-ring (bicyclic) bond motifs is 4. The number of aromatic hydroxyl groups is 1. The fourth-order valence-electron chi connectivity index (χ4n) is 6.65. The maximum atomic E-state index is 9.99. The van der Waals surface area contributed by atoms with Gasteiger partial charge in [-0.05, 0) is 90.7 Å². The van der Waals surface area contributed by atoms with Gasteiger partial charge < -0.3 is 5.11 Å². The zero-order valence-corrected chi connectivity index (χ0v) is 15.3. The lowest BCUT2D eigenvalue weighted by atomic mass is 9.44. The molecule has 126 valence electrons. The number of phenols is 1. The van der Waals surface area contributed by atoms with Crippen molar-refractivity contribution in [3.8, 4) is 5.75 Å². The summed E-state index contributed by atoms with van der Waals surface area (Å²) in [4.78, 5) is 0. The van der Waals surface area contributed by atoms with Crippen LogP contribution >= 0.6 is 0 Å². The zero-order valence-electron chi connectivity index (χ0n) is 15.3. The molecule has 0 radical (unpaired) electrons. The third-order valence-corrected chi connectivity index (χ3v) is 7.92. The first-order valence-corrected chi connectivity index (χ1v) is 9.56. The number of hydrogen-bond donors (Lipinski definition) is 1. The molecule has 4 atom stereocenters. The number of phenolic OH excluding ortho intramolecular Hbond substituents is 1. The van der Waals surface area contributed by atoms with Gasteiger partial charge in [-0.2, -0.15) is 0 Å². The molecule has 0 aliphatic heterocycles. The van der Waals surface area contributed by atoms with Gasteiger partial charge in [-0.25, -0.2) is 0 Å². The Bertz CT molecular complexity index is 631. The van der Waals surface area contributed by atoms with Crippen molar-refractivity contribution < 1.29 is 5.11 Å². The Labute approximate surface area is 141 Å². The van der Waals surface area contributed by atoms with Crippen LogP contribution in [0.5, 0.6) is 5.75 Å². The van der Waals surface area contributed by atoms with Crippen LogP contribution in [-0.4, -0.2) is 5.11 Å². The number of rotatable bonds is 1. The van der Waals surface area contributed by atoms with E-state index in [1.54, 1.807) is 0 Å². The van der Waals surface area contributed by atoms with Crippen LogP contribution in [0.15, 0.2) is 18.2 Å². The maximum absolute atomic E-state index is 9.99. The third-order valence-electron chi connectivity index (χ3n) is 7.92. The predicted molar refractivity (Wildman–Crippen MR) is 95.7 cm³/mol. The van der Waals surface area contributed by atoms with Gasteiger partial charge in [0.05, 0.1) is 0 Å². The topological polar surface area (TPSA) is 20.2 Å². The molecule has 3 saturated carbocycles. The molecule has 23 heavy (non-hydrogen) atoms. The van der Waals surface area contributed by atoms with E-state index in [4.69, 9.17) is 0 Å². The molecule has 0 heterocycles. The number of aryl methyl sites for hydroxylation is 1. The van der Waals surface area contributed by atoms with Gasteiger partial charge in [-0.1, -0.05) is 39.3 Å². The van der Waals surface area contributed by atoms with Crippen molar-refractivity contribution >= 4 is 0 Å². The maximum Gasteiger partial charge on any atom is 0.118 e. The molecule has 1 N–H and O–H groups in total. The lowest BCUT2D eigenvalue weighted by molar-refractivity contribution is -0.0680. The van der Waals surface area contributed by atoms with Gasteiger partial charge in [0.25, 0.3) is 0 Å². The highest BCUT2D eigenvalue weighted by atomic mass is 16.3. The molecule has 0 spiro atoms. The highest BCUT2D eigenvalue weighted by molar-refractivity contribution is 5.40. The van der Waals surface area contributed by atoms with Gasteiger partial charge in [0, 0.05) is 0 Å². The SMILES string of the molecule is Cc1cc([C@@]23CCC[C@@](C)(CC[C@@H]4[C@@H]2CC4(C)C)C3)ccc1O. The van der Waals surface area contributed by atoms with Crippen LogP contribution in [0.3, 0.4) is 0 Å². The molecule has 1 heteroatoms. The molecule has 0 aromatic heterocycles. The van der Waals surface area contributed by atoms with E-state index in [1.165, 1.54) is 50.5 Å². The molecule has 0 saturated heterocycles. The van der Waals surface area contributed by atoms with E-state index >= 15 is 0 Å². The Kier molecular flexibility index (Phi) is 3.22. The Morgan fingerprint density at radius 2 is 1.83 bits per heavy atom. The fourth-order valence-corrected chi connectivity index (χ4v) is 6.65. The molecule has 0 unspecified atom stereocenters. The summed E-state index contributed by atoms with van der Waals surface area (Å²) < 4.78 is 0. The highest BCUT2D eigenvalue weighted by Gasteiger charge is 2.60. The quantitative estimate of drug-likeness (QED) is 0.677. The Balaban J connectivity index is 1.83. The zero-order chi connectivity index (χ0) is 16.5. The van der Waals surface area contributed by atoms with E-state index in [2.05, 4.69) is 39.8 Å². The molecule has 0 amide bonds. The lowest BCUT2D eigenvalue weighted by Gasteiger charge is -2.60. The highest BCUT2D eigenvalue weighted by Crippen LogP contribution is 2.68. The Morgan fingerprint density at radius 3 is 2.52 bits per heavy atom. The molecule has 3 fully saturated rings. The van der Waals surface area contributed by atoms with E-state index in [9.17, 15) is 5.11 Å². The van der Waals surface area contributed by atoms with Crippen LogP contribution in [0.4, 0.5) is 0 Å². The molecule has 4 rings (SSSR count). The average molecular weight is 312 g/mol. The van der Waals surface area contributed by atoms with E-state index < -0.39 is 0 Å². The van der Waals surface area contributed by atoms with Gasteiger partial charge in [0.1, 0.15) is 5.75 Å². The van der Waals surface area contributed by atoms with Crippen LogP contribution in [0.2, 0.25) is 0 Å². The van der Waals surface area contributed by atoms with Crippen molar-refractivity contribution in [1.29, 1.82) is 0 Å². The normalized spacial score (nSPS) is 41.6. The largest absolute Gasteiger partial charge is 0.508 e. The van der Waals surface area contributed by atoms with E-state index in [0.717, 1.165) is 17.4 Å². The summed E-state index contributed by atoms with van der Waals surface area (Å²) in [6, 6.07) is 6.48. The summed E-state index contributed by atoms with van der Waals surface area (Å²) in [5, 5.41) is 9.99. The summed E-state index contributed by atoms with van der Waals surface area (Å²) in [5.74, 6) is 2.18. The smallest absolute Gasteiger partial charge is 0.118 e. The second-order valence-corrected chi connectivity index (χ2v) is 9.94. The number of hydrogen-bond acceptors (Lipinski definition) is 1. The molecule has 1 aromatic carbocycles. The monoisotopic (exact) mass is 312 g/mol. The van der Waals surface area contributed by atoms with Gasteiger partial charge in [-0.15, -0.1) is 0 Å². The molecular weight excluding hydrogens is 280 g/mol. The third kappa shape index (κ3) is 2.18. The van der Waals surface area contributed by atoms with Crippen molar-refractivity contribution in [2.75, 3.05) is 0 Å². The Morgan fingerprint density at radius 1 is 1.04 bits per heavy atom. The molecule has 1 aromatic rings. The second kappa shape index (κ2) is 4.77. The minimum atomic E-state index is 0.363.